The summed E-state index contributed by atoms with van der Waals surface area (Å²) < 4.78 is 14.0. The number of nitrogens with zero attached hydrogens (tertiary/aromatic N) is 3. The molecule has 1 unspecified atom stereocenters. The van der Waals surface area contributed by atoms with E-state index in [2.05, 4.69) is 41.9 Å². The van der Waals surface area contributed by atoms with E-state index in [0.29, 0.717) is 17.5 Å². The van der Waals surface area contributed by atoms with E-state index >= 15 is 0 Å². The highest BCUT2D eigenvalue weighted by atomic mass is 35.5. The summed E-state index contributed by atoms with van der Waals surface area (Å²) in [6.45, 7) is 4.31. The van der Waals surface area contributed by atoms with E-state index in [1.165, 1.54) is 6.07 Å². The minimum atomic E-state index is -0.721. The van der Waals surface area contributed by atoms with Crippen LogP contribution in [0.3, 0.4) is 0 Å². The molecule has 1 aliphatic rings. The van der Waals surface area contributed by atoms with E-state index in [4.69, 9.17) is 11.6 Å². The molecule has 1 N–H and O–H groups in total. The van der Waals surface area contributed by atoms with Gasteiger partial charge in [0.05, 0.1) is 10.5 Å². The van der Waals surface area contributed by atoms with Crippen LogP contribution in [-0.4, -0.2) is 48.2 Å². The molecule has 0 amide bonds. The second-order valence-corrected chi connectivity index (χ2v) is 8.79. The third kappa shape index (κ3) is 3.96. The molecule has 0 radical (unpaired) electrons. The fourth-order valence-electron chi connectivity index (χ4n) is 4.36. The highest BCUT2D eigenvalue weighted by Gasteiger charge is 2.26. The van der Waals surface area contributed by atoms with Crippen molar-refractivity contribution in [1.29, 1.82) is 0 Å². The summed E-state index contributed by atoms with van der Waals surface area (Å²) in [5, 5.41) is 10.7. The fraction of sp³-hybridized carbons (Fsp3) is 0.375. The number of hydrogen-bond donors (Lipinski definition) is 1. The van der Waals surface area contributed by atoms with E-state index in [-0.39, 0.29) is 5.02 Å². The monoisotopic (exact) mass is 427 g/mol. The molecule has 30 heavy (non-hydrogen) atoms. The van der Waals surface area contributed by atoms with Gasteiger partial charge in [-0.3, -0.25) is 4.98 Å². The number of aromatic hydroxyl groups is 1. The molecule has 0 aliphatic carbocycles. The van der Waals surface area contributed by atoms with Crippen molar-refractivity contribution < 1.29 is 9.50 Å². The summed E-state index contributed by atoms with van der Waals surface area (Å²) in [7, 11) is 4.29. The van der Waals surface area contributed by atoms with E-state index < -0.39 is 11.6 Å². The normalized spacial score (nSPS) is 16.4. The Kier molecular flexibility index (Phi) is 5.85. The smallest absolute Gasteiger partial charge is 0.170 e. The Hall–Kier alpha value is -2.37. The van der Waals surface area contributed by atoms with Gasteiger partial charge < -0.3 is 14.9 Å². The lowest BCUT2D eigenvalue weighted by Crippen LogP contribution is -2.41. The zero-order valence-electron chi connectivity index (χ0n) is 17.6. The molecule has 6 heteroatoms. The lowest BCUT2D eigenvalue weighted by molar-refractivity contribution is 0.199. The van der Waals surface area contributed by atoms with Crippen LogP contribution in [0.1, 0.15) is 19.8 Å². The quantitative estimate of drug-likeness (QED) is 0.591. The molecule has 4 nitrogen and oxygen atoms in total. The molecule has 1 aliphatic heterocycles. The zero-order valence-corrected chi connectivity index (χ0v) is 18.3. The molecular formula is C24H27ClFN3O. The maximum absolute atomic E-state index is 14.0. The first-order valence-corrected chi connectivity index (χ1v) is 10.7. The average molecular weight is 428 g/mol. The summed E-state index contributed by atoms with van der Waals surface area (Å²) in [4.78, 5) is 9.24. The lowest BCUT2D eigenvalue weighted by Gasteiger charge is -2.38. The molecule has 2 aromatic carbocycles. The summed E-state index contributed by atoms with van der Waals surface area (Å²) >= 11 is 5.99. The molecular weight excluding hydrogens is 401 g/mol. The Morgan fingerprint density at radius 3 is 2.53 bits per heavy atom. The Morgan fingerprint density at radius 1 is 1.13 bits per heavy atom. The van der Waals surface area contributed by atoms with Crippen LogP contribution in [0.4, 0.5) is 10.1 Å². The van der Waals surface area contributed by atoms with Gasteiger partial charge in [-0.05, 0) is 81.2 Å². The third-order valence-electron chi connectivity index (χ3n) is 6.45. The number of phenolic OH excluding ortho intramolecular Hbond substituents is 1. The van der Waals surface area contributed by atoms with E-state index in [1.807, 2.05) is 24.4 Å². The first-order valence-electron chi connectivity index (χ1n) is 10.3. The first-order chi connectivity index (χ1) is 14.3. The van der Waals surface area contributed by atoms with Gasteiger partial charge in [0.2, 0.25) is 0 Å². The van der Waals surface area contributed by atoms with Crippen molar-refractivity contribution in [1.82, 2.24) is 9.88 Å². The van der Waals surface area contributed by atoms with Crippen LogP contribution in [0.15, 0.2) is 42.6 Å². The van der Waals surface area contributed by atoms with Gasteiger partial charge in [-0.2, -0.15) is 0 Å². The average Bonchev–Trinajstić information content (AvgIpc) is 2.76. The molecule has 158 valence electrons. The molecule has 1 fully saturated rings. The number of piperidine rings is 1. The maximum atomic E-state index is 14.0. The van der Waals surface area contributed by atoms with Gasteiger partial charge in [0, 0.05) is 36.4 Å². The standard InChI is InChI=1S/C24H27ClFN3O/c1-15(28(2)3)16-7-10-29(11-8-16)23-6-9-27-22-5-4-17(12-19(22)23)18-13-20(25)24(30)21(26)14-18/h4-6,9,12-16,30H,7-8,10-11H2,1-3H3. The van der Waals surface area contributed by atoms with Crippen LogP contribution in [-0.2, 0) is 0 Å². The highest BCUT2D eigenvalue weighted by molar-refractivity contribution is 6.32. The molecule has 4 rings (SSSR count). The van der Waals surface area contributed by atoms with Crippen LogP contribution >= 0.6 is 11.6 Å². The van der Waals surface area contributed by atoms with E-state index in [0.717, 1.165) is 48.1 Å². The van der Waals surface area contributed by atoms with Crippen LogP contribution in [0.5, 0.6) is 5.75 Å². The third-order valence-corrected chi connectivity index (χ3v) is 6.73. The number of halogens is 2. The van der Waals surface area contributed by atoms with Crippen molar-refractivity contribution in [3.63, 3.8) is 0 Å². The Morgan fingerprint density at radius 2 is 1.87 bits per heavy atom. The van der Waals surface area contributed by atoms with E-state index in [9.17, 15) is 9.50 Å². The molecule has 0 spiro atoms. The topological polar surface area (TPSA) is 39.6 Å². The second-order valence-electron chi connectivity index (χ2n) is 8.38. The van der Waals surface area contributed by atoms with Crippen LogP contribution in [0.25, 0.3) is 22.0 Å². The number of phenols is 1. The Bertz CT molecular complexity index is 1040. The van der Waals surface area contributed by atoms with Crippen molar-refractivity contribution in [3.05, 3.63) is 53.4 Å². The number of hydrogen-bond acceptors (Lipinski definition) is 4. The van der Waals surface area contributed by atoms with Crippen LogP contribution in [0, 0.1) is 11.7 Å². The predicted molar refractivity (Wildman–Crippen MR) is 122 cm³/mol. The first kappa shape index (κ1) is 20.9. The Labute approximate surface area is 181 Å². The van der Waals surface area contributed by atoms with Crippen LogP contribution < -0.4 is 4.90 Å². The van der Waals surface area contributed by atoms with Crippen molar-refractivity contribution in [2.75, 3.05) is 32.1 Å². The minimum absolute atomic E-state index is 0.00795. The SMILES string of the molecule is CC(C1CCN(c2ccnc3ccc(-c4cc(F)c(O)c(Cl)c4)cc23)CC1)N(C)C. The Balaban J connectivity index is 1.66. The van der Waals surface area contributed by atoms with Gasteiger partial charge in [-0.15, -0.1) is 0 Å². The van der Waals surface area contributed by atoms with Crippen LogP contribution in [0.2, 0.25) is 5.02 Å². The maximum Gasteiger partial charge on any atom is 0.170 e. The number of aromatic nitrogens is 1. The summed E-state index contributed by atoms with van der Waals surface area (Å²) in [6.07, 6.45) is 4.16. The van der Waals surface area contributed by atoms with Gasteiger partial charge in [-0.1, -0.05) is 17.7 Å². The van der Waals surface area contributed by atoms with Gasteiger partial charge in [0.15, 0.2) is 11.6 Å². The molecule has 0 saturated carbocycles. The van der Waals surface area contributed by atoms with Gasteiger partial charge in [0.25, 0.3) is 0 Å². The number of pyridine rings is 1. The molecule has 1 saturated heterocycles. The highest BCUT2D eigenvalue weighted by Crippen LogP contribution is 2.36. The molecule has 0 bridgehead atoms. The van der Waals surface area contributed by atoms with Gasteiger partial charge in [0.1, 0.15) is 0 Å². The van der Waals surface area contributed by atoms with Crippen molar-refractivity contribution in [2.45, 2.75) is 25.8 Å². The minimum Gasteiger partial charge on any atom is -0.504 e. The van der Waals surface area contributed by atoms with Crippen molar-refractivity contribution in [3.8, 4) is 16.9 Å². The number of rotatable bonds is 4. The lowest BCUT2D eigenvalue weighted by atomic mass is 9.89. The largest absolute Gasteiger partial charge is 0.504 e. The predicted octanol–water partition coefficient (Wildman–Crippen LogP) is 5.57. The molecule has 3 aromatic rings. The number of anilines is 1. The van der Waals surface area contributed by atoms with Gasteiger partial charge in [-0.25, -0.2) is 4.39 Å². The van der Waals surface area contributed by atoms with Gasteiger partial charge >= 0.3 is 0 Å². The number of benzene rings is 2. The van der Waals surface area contributed by atoms with Crippen molar-refractivity contribution >= 4 is 28.2 Å². The molecule has 2 heterocycles. The summed E-state index contributed by atoms with van der Waals surface area (Å²) in [6, 6.07) is 11.4. The summed E-state index contributed by atoms with van der Waals surface area (Å²) in [5.41, 5.74) is 3.53. The number of fused-ring (bicyclic) bond motifs is 1. The second kappa shape index (κ2) is 8.40. The van der Waals surface area contributed by atoms with Crippen molar-refractivity contribution in [2.24, 2.45) is 5.92 Å². The molecule has 1 atom stereocenters. The fourth-order valence-corrected chi connectivity index (χ4v) is 4.57. The molecule has 1 aromatic heterocycles. The zero-order chi connectivity index (χ0) is 21.4. The van der Waals surface area contributed by atoms with E-state index in [1.54, 1.807) is 6.07 Å². The summed E-state index contributed by atoms with van der Waals surface area (Å²) in [5.74, 6) is -0.540.